The van der Waals surface area contributed by atoms with Crippen LogP contribution in [-0.4, -0.2) is 62.9 Å². The summed E-state index contributed by atoms with van der Waals surface area (Å²) >= 11 is 0. The van der Waals surface area contributed by atoms with Gasteiger partial charge in [-0.3, -0.25) is 14.9 Å². The highest BCUT2D eigenvalue weighted by Crippen LogP contribution is 2.27. The van der Waals surface area contributed by atoms with E-state index in [1.807, 2.05) is 4.90 Å². The van der Waals surface area contributed by atoms with Gasteiger partial charge in [0.1, 0.15) is 5.75 Å². The van der Waals surface area contributed by atoms with E-state index in [2.05, 4.69) is 10.1 Å². The summed E-state index contributed by atoms with van der Waals surface area (Å²) in [5.41, 5.74) is 0.984. The molecule has 12 heteroatoms. The lowest BCUT2D eigenvalue weighted by molar-refractivity contribution is -0.384. The summed E-state index contributed by atoms with van der Waals surface area (Å²) in [6, 6.07) is 9.91. The van der Waals surface area contributed by atoms with Gasteiger partial charge < -0.3 is 24.4 Å². The molecular weight excluding hydrogens is 456 g/mol. The molecule has 1 aliphatic heterocycles. The molecule has 0 saturated carbocycles. The monoisotopic (exact) mass is 479 g/mol. The number of anilines is 1. The number of carbonyl (C=O) groups excluding carboxylic acids is 2. The van der Waals surface area contributed by atoms with E-state index in [0.717, 1.165) is 11.6 Å². The molecule has 0 spiro atoms. The van der Waals surface area contributed by atoms with E-state index >= 15 is 0 Å². The SMILES string of the molecule is O=C(COC(=O)c1cc([N+](=O)[O-])ccc1N1CCOCC1)NCCc1ccc(OC(F)F)cc1. The van der Waals surface area contributed by atoms with Crippen LogP contribution in [-0.2, 0) is 20.7 Å². The summed E-state index contributed by atoms with van der Waals surface area (Å²) in [4.78, 5) is 37.1. The fraction of sp³-hybridized carbons (Fsp3) is 0.364. The van der Waals surface area contributed by atoms with Crippen LogP contribution in [0.3, 0.4) is 0 Å². The molecule has 0 aromatic heterocycles. The summed E-state index contributed by atoms with van der Waals surface area (Å²) in [7, 11) is 0. The van der Waals surface area contributed by atoms with Crippen LogP contribution >= 0.6 is 0 Å². The van der Waals surface area contributed by atoms with Crippen LogP contribution in [0.25, 0.3) is 0 Å². The van der Waals surface area contributed by atoms with Crippen molar-refractivity contribution >= 4 is 23.3 Å². The van der Waals surface area contributed by atoms with Crippen molar-refractivity contribution in [2.24, 2.45) is 0 Å². The van der Waals surface area contributed by atoms with Crippen LogP contribution in [0.2, 0.25) is 0 Å². The van der Waals surface area contributed by atoms with E-state index in [1.54, 1.807) is 12.1 Å². The van der Waals surface area contributed by atoms with Crippen LogP contribution in [0, 0.1) is 10.1 Å². The zero-order chi connectivity index (χ0) is 24.5. The van der Waals surface area contributed by atoms with E-state index in [9.17, 15) is 28.5 Å². The molecule has 3 rings (SSSR count). The van der Waals surface area contributed by atoms with Crippen molar-refractivity contribution < 1.29 is 37.5 Å². The van der Waals surface area contributed by atoms with Crippen LogP contribution in [0.15, 0.2) is 42.5 Å². The lowest BCUT2D eigenvalue weighted by Crippen LogP contribution is -2.37. The maximum atomic E-state index is 12.6. The molecule has 182 valence electrons. The minimum Gasteiger partial charge on any atom is -0.452 e. The number of nitro benzene ring substituents is 1. The van der Waals surface area contributed by atoms with Gasteiger partial charge in [-0.2, -0.15) is 8.78 Å². The zero-order valence-corrected chi connectivity index (χ0v) is 18.1. The Hall–Kier alpha value is -3.80. The van der Waals surface area contributed by atoms with E-state index in [0.29, 0.717) is 38.4 Å². The molecule has 2 aromatic rings. The highest BCUT2D eigenvalue weighted by atomic mass is 19.3. The number of hydrogen-bond donors (Lipinski definition) is 1. The largest absolute Gasteiger partial charge is 0.452 e. The quantitative estimate of drug-likeness (QED) is 0.314. The molecule has 1 amide bonds. The van der Waals surface area contributed by atoms with Crippen molar-refractivity contribution in [1.29, 1.82) is 0 Å². The first-order valence-electron chi connectivity index (χ1n) is 10.4. The Bertz CT molecular complexity index is 1010. The molecule has 0 aliphatic carbocycles. The number of nitrogens with zero attached hydrogens (tertiary/aromatic N) is 2. The summed E-state index contributed by atoms with van der Waals surface area (Å²) < 4.78 is 39.0. The third-order valence-electron chi connectivity index (χ3n) is 4.98. The van der Waals surface area contributed by atoms with Gasteiger partial charge >= 0.3 is 12.6 Å². The summed E-state index contributed by atoms with van der Waals surface area (Å²) in [6.07, 6.45) is 0.417. The van der Waals surface area contributed by atoms with Gasteiger partial charge in [-0.15, -0.1) is 0 Å². The number of esters is 1. The second-order valence-electron chi connectivity index (χ2n) is 7.26. The Labute approximate surface area is 193 Å². The Kier molecular flexibility index (Phi) is 8.68. The van der Waals surface area contributed by atoms with Gasteiger partial charge in [-0.25, -0.2) is 4.79 Å². The third-order valence-corrected chi connectivity index (χ3v) is 4.98. The van der Waals surface area contributed by atoms with Crippen LogP contribution < -0.4 is 15.0 Å². The van der Waals surface area contributed by atoms with Crippen molar-refractivity contribution in [3.63, 3.8) is 0 Å². The number of rotatable bonds is 10. The van der Waals surface area contributed by atoms with Gasteiger partial charge in [0.05, 0.1) is 29.4 Å². The molecule has 0 radical (unpaired) electrons. The molecule has 1 heterocycles. The van der Waals surface area contributed by atoms with Crippen molar-refractivity contribution in [1.82, 2.24) is 5.32 Å². The predicted octanol–water partition coefficient (Wildman–Crippen LogP) is 2.55. The summed E-state index contributed by atoms with van der Waals surface area (Å²) in [5, 5.41) is 13.7. The number of halogens is 2. The van der Waals surface area contributed by atoms with Crippen molar-refractivity contribution in [2.75, 3.05) is 44.4 Å². The molecule has 1 saturated heterocycles. The highest BCUT2D eigenvalue weighted by Gasteiger charge is 2.23. The van der Waals surface area contributed by atoms with Gasteiger partial charge in [0.2, 0.25) is 0 Å². The van der Waals surface area contributed by atoms with Gasteiger partial charge in [0, 0.05) is 31.8 Å². The fourth-order valence-corrected chi connectivity index (χ4v) is 3.32. The number of nitro groups is 1. The smallest absolute Gasteiger partial charge is 0.387 e. The number of morpholine rings is 1. The number of amides is 1. The maximum Gasteiger partial charge on any atom is 0.387 e. The molecule has 0 bridgehead atoms. The predicted molar refractivity (Wildman–Crippen MR) is 116 cm³/mol. The number of nitrogens with one attached hydrogen (secondary N) is 1. The standard InChI is InChI=1S/C22H23F2N3O7/c23-22(24)34-17-4-1-15(2-5-17)7-8-25-20(28)14-33-21(29)18-13-16(27(30)31)3-6-19(18)26-9-11-32-12-10-26/h1-6,13,22H,7-12,14H2,(H,25,28). The number of alkyl halides is 2. The average Bonchev–Trinajstić information content (AvgIpc) is 2.83. The van der Waals surface area contributed by atoms with E-state index in [-0.39, 0.29) is 23.5 Å². The molecule has 34 heavy (non-hydrogen) atoms. The van der Waals surface area contributed by atoms with Gasteiger partial charge in [0.25, 0.3) is 11.6 Å². The molecule has 0 unspecified atom stereocenters. The second kappa shape index (κ2) is 11.9. The molecule has 10 nitrogen and oxygen atoms in total. The minimum atomic E-state index is -2.90. The number of benzene rings is 2. The fourth-order valence-electron chi connectivity index (χ4n) is 3.32. The van der Waals surface area contributed by atoms with E-state index < -0.39 is 30.0 Å². The Morgan fingerprint density at radius 3 is 2.50 bits per heavy atom. The summed E-state index contributed by atoms with van der Waals surface area (Å²) in [5.74, 6) is -1.37. The lowest BCUT2D eigenvalue weighted by atomic mass is 10.1. The minimum absolute atomic E-state index is 0.00462. The maximum absolute atomic E-state index is 12.6. The highest BCUT2D eigenvalue weighted by molar-refractivity contribution is 5.97. The van der Waals surface area contributed by atoms with E-state index in [1.165, 1.54) is 24.3 Å². The van der Waals surface area contributed by atoms with Gasteiger partial charge in [-0.1, -0.05) is 12.1 Å². The van der Waals surface area contributed by atoms with Crippen molar-refractivity contribution in [2.45, 2.75) is 13.0 Å². The molecule has 2 aromatic carbocycles. The first-order chi connectivity index (χ1) is 16.3. The topological polar surface area (TPSA) is 120 Å². The molecule has 1 fully saturated rings. The first-order valence-corrected chi connectivity index (χ1v) is 10.4. The molecule has 1 N–H and O–H groups in total. The van der Waals surface area contributed by atoms with Crippen LogP contribution in [0.5, 0.6) is 5.75 Å². The van der Waals surface area contributed by atoms with Crippen molar-refractivity contribution in [3.8, 4) is 5.75 Å². The normalized spacial score (nSPS) is 13.4. The third kappa shape index (κ3) is 7.10. The van der Waals surface area contributed by atoms with Gasteiger partial charge in [-0.05, 0) is 30.2 Å². The van der Waals surface area contributed by atoms with Crippen molar-refractivity contribution in [3.05, 3.63) is 63.7 Å². The molecular formula is C22H23F2N3O7. The number of non-ortho nitro benzene ring substituents is 1. The number of carbonyl (C=O) groups is 2. The number of hydrogen-bond acceptors (Lipinski definition) is 8. The summed E-state index contributed by atoms with van der Waals surface area (Å²) in [6.45, 7) is -1.32. The Morgan fingerprint density at radius 1 is 1.15 bits per heavy atom. The molecule has 1 aliphatic rings. The lowest BCUT2D eigenvalue weighted by Gasteiger charge is -2.30. The Morgan fingerprint density at radius 2 is 1.85 bits per heavy atom. The van der Waals surface area contributed by atoms with Gasteiger partial charge in [0.15, 0.2) is 6.61 Å². The van der Waals surface area contributed by atoms with Crippen LogP contribution in [0.4, 0.5) is 20.2 Å². The zero-order valence-electron chi connectivity index (χ0n) is 18.1. The average molecular weight is 479 g/mol. The van der Waals surface area contributed by atoms with Crippen LogP contribution in [0.1, 0.15) is 15.9 Å². The number of ether oxygens (including phenoxy) is 3. The molecule has 0 atom stereocenters. The Balaban J connectivity index is 1.52. The second-order valence-corrected chi connectivity index (χ2v) is 7.26. The first kappa shape index (κ1) is 24.8. The van der Waals surface area contributed by atoms with E-state index in [4.69, 9.17) is 9.47 Å².